The van der Waals surface area contributed by atoms with Gasteiger partial charge in [-0.1, -0.05) is 13.8 Å². The van der Waals surface area contributed by atoms with E-state index in [1.807, 2.05) is 0 Å². The summed E-state index contributed by atoms with van der Waals surface area (Å²) in [5.41, 5.74) is 0.894. The zero-order valence-electron chi connectivity index (χ0n) is 13.9. The summed E-state index contributed by atoms with van der Waals surface area (Å²) in [6, 6.07) is -0.163. The third-order valence-corrected chi connectivity index (χ3v) is 2.57. The highest BCUT2D eigenvalue weighted by molar-refractivity contribution is 5.83. The monoisotopic (exact) mass is 336 g/mol. The second-order valence-corrected chi connectivity index (χ2v) is 6.59. The molecule has 2 amide bonds. The second kappa shape index (κ2) is 8.15. The maximum atomic E-state index is 13.3. The molecule has 2 N–H and O–H groups in total. The van der Waals surface area contributed by atoms with Gasteiger partial charge in [0, 0.05) is 5.54 Å². The quantitative estimate of drug-likeness (QED) is 0.574. The van der Waals surface area contributed by atoms with Crippen molar-refractivity contribution in [2.75, 3.05) is 0 Å². The Kier molecular flexibility index (Phi) is 7.51. The predicted octanol–water partition coefficient (Wildman–Crippen LogP) is 2.08. The molecule has 0 aromatic carbocycles. The van der Waals surface area contributed by atoms with Gasteiger partial charge in [0.15, 0.2) is 0 Å². The molecule has 0 spiro atoms. The number of amides is 2. The first-order valence-electron chi connectivity index (χ1n) is 7.12. The van der Waals surface area contributed by atoms with Crippen molar-refractivity contribution in [1.29, 1.82) is 5.26 Å². The minimum atomic E-state index is -4.96. The normalized spacial score (nSPS) is 13.6. The summed E-state index contributed by atoms with van der Waals surface area (Å²) in [7, 11) is 0. The third kappa shape index (κ3) is 8.40. The Hall–Kier alpha value is -1.82. The minimum absolute atomic E-state index is 0.117. The smallest absolute Gasteiger partial charge is 0.350 e. The van der Waals surface area contributed by atoms with Crippen LogP contribution in [0.4, 0.5) is 13.2 Å². The summed E-state index contributed by atoms with van der Waals surface area (Å²) in [6.45, 7) is 8.27. The van der Waals surface area contributed by atoms with Gasteiger partial charge in [-0.3, -0.25) is 15.0 Å². The van der Waals surface area contributed by atoms with Crippen LogP contribution in [0.15, 0.2) is 0 Å². The molecular weight excluding hydrogens is 313 g/mol. The SMILES string of the molecule is CC(C)CC(C(=O)NC(C)(C)C)N(NC(=O)CC#N)C(F)(F)F. The van der Waals surface area contributed by atoms with Gasteiger partial charge in [-0.15, -0.1) is 5.01 Å². The van der Waals surface area contributed by atoms with Crippen LogP contribution in [-0.4, -0.2) is 34.7 Å². The maximum Gasteiger partial charge on any atom is 0.478 e. The molecule has 0 saturated heterocycles. The first kappa shape index (κ1) is 21.2. The molecule has 0 saturated carbocycles. The molecule has 23 heavy (non-hydrogen) atoms. The van der Waals surface area contributed by atoms with E-state index in [-0.39, 0.29) is 17.3 Å². The van der Waals surface area contributed by atoms with E-state index in [1.165, 1.54) is 6.07 Å². The lowest BCUT2D eigenvalue weighted by atomic mass is 10.0. The third-order valence-electron chi connectivity index (χ3n) is 2.57. The summed E-state index contributed by atoms with van der Waals surface area (Å²) in [5, 5.41) is 10.6. The number of halogens is 3. The number of hydrogen-bond acceptors (Lipinski definition) is 4. The van der Waals surface area contributed by atoms with Gasteiger partial charge in [0.05, 0.1) is 6.07 Å². The van der Waals surface area contributed by atoms with Crippen molar-refractivity contribution in [2.24, 2.45) is 5.92 Å². The Morgan fingerprint density at radius 3 is 2.09 bits per heavy atom. The topological polar surface area (TPSA) is 85.2 Å². The van der Waals surface area contributed by atoms with Crippen LogP contribution in [0.1, 0.15) is 47.5 Å². The first-order valence-corrected chi connectivity index (χ1v) is 7.12. The Balaban J connectivity index is 5.52. The van der Waals surface area contributed by atoms with Crippen molar-refractivity contribution in [3.63, 3.8) is 0 Å². The number of rotatable bonds is 6. The lowest BCUT2D eigenvalue weighted by Gasteiger charge is -2.34. The van der Waals surface area contributed by atoms with E-state index in [9.17, 15) is 22.8 Å². The number of carbonyl (C=O) groups is 2. The molecule has 0 fully saturated rings. The van der Waals surface area contributed by atoms with Gasteiger partial charge < -0.3 is 5.32 Å². The van der Waals surface area contributed by atoms with Crippen LogP contribution < -0.4 is 10.7 Å². The van der Waals surface area contributed by atoms with E-state index in [4.69, 9.17) is 5.26 Å². The highest BCUT2D eigenvalue weighted by Gasteiger charge is 2.46. The van der Waals surface area contributed by atoms with E-state index in [2.05, 4.69) is 5.32 Å². The fourth-order valence-electron chi connectivity index (χ4n) is 1.79. The highest BCUT2D eigenvalue weighted by Crippen LogP contribution is 2.25. The number of hydrazine groups is 1. The van der Waals surface area contributed by atoms with Crippen LogP contribution in [0.25, 0.3) is 0 Å². The average Bonchev–Trinajstić information content (AvgIpc) is 2.30. The van der Waals surface area contributed by atoms with E-state index < -0.39 is 36.1 Å². The summed E-state index contributed by atoms with van der Waals surface area (Å²) in [5.74, 6) is -2.19. The molecule has 0 rings (SSSR count). The lowest BCUT2D eigenvalue weighted by Crippen LogP contribution is -2.62. The Morgan fingerprint density at radius 1 is 1.22 bits per heavy atom. The number of hydrogen-bond donors (Lipinski definition) is 2. The van der Waals surface area contributed by atoms with Gasteiger partial charge in [0.1, 0.15) is 12.5 Å². The fourth-order valence-corrected chi connectivity index (χ4v) is 1.79. The van der Waals surface area contributed by atoms with Crippen LogP contribution in [0.5, 0.6) is 0 Å². The number of nitriles is 1. The average molecular weight is 336 g/mol. The van der Waals surface area contributed by atoms with Gasteiger partial charge in [-0.25, -0.2) is 0 Å². The van der Waals surface area contributed by atoms with Crippen molar-refractivity contribution in [1.82, 2.24) is 15.8 Å². The summed E-state index contributed by atoms with van der Waals surface area (Å²) in [6.07, 6.45) is -5.81. The minimum Gasteiger partial charge on any atom is -0.350 e. The van der Waals surface area contributed by atoms with Crippen LogP contribution in [0, 0.1) is 17.2 Å². The molecule has 0 aliphatic carbocycles. The van der Waals surface area contributed by atoms with Crippen LogP contribution in [0.2, 0.25) is 0 Å². The number of nitrogens with one attached hydrogen (secondary N) is 2. The van der Waals surface area contributed by atoms with E-state index >= 15 is 0 Å². The van der Waals surface area contributed by atoms with Crippen molar-refractivity contribution in [2.45, 2.75) is 65.3 Å². The van der Waals surface area contributed by atoms with Gasteiger partial charge in [-0.05, 0) is 33.1 Å². The fraction of sp³-hybridized carbons (Fsp3) is 0.786. The number of nitrogens with zero attached hydrogens (tertiary/aromatic N) is 2. The van der Waals surface area contributed by atoms with Crippen molar-refractivity contribution >= 4 is 11.8 Å². The Labute approximate surface area is 134 Å². The summed E-state index contributed by atoms with van der Waals surface area (Å²) in [4.78, 5) is 23.6. The summed E-state index contributed by atoms with van der Waals surface area (Å²) >= 11 is 0. The molecule has 1 atom stereocenters. The molecule has 0 bridgehead atoms. The Bertz CT molecular complexity index is 464. The zero-order valence-corrected chi connectivity index (χ0v) is 13.9. The van der Waals surface area contributed by atoms with Crippen molar-refractivity contribution < 1.29 is 22.8 Å². The molecule has 0 radical (unpaired) electrons. The van der Waals surface area contributed by atoms with E-state index in [0.717, 1.165) is 0 Å². The zero-order chi connectivity index (χ0) is 18.4. The van der Waals surface area contributed by atoms with E-state index in [0.29, 0.717) is 0 Å². The molecule has 0 aromatic rings. The van der Waals surface area contributed by atoms with Crippen molar-refractivity contribution in [3.8, 4) is 6.07 Å². The van der Waals surface area contributed by atoms with Gasteiger partial charge in [0.2, 0.25) is 11.8 Å². The summed E-state index contributed by atoms with van der Waals surface area (Å²) < 4.78 is 39.8. The van der Waals surface area contributed by atoms with Crippen LogP contribution in [0.3, 0.4) is 0 Å². The van der Waals surface area contributed by atoms with Gasteiger partial charge in [0.25, 0.3) is 0 Å². The highest BCUT2D eigenvalue weighted by atomic mass is 19.4. The molecule has 6 nitrogen and oxygen atoms in total. The van der Waals surface area contributed by atoms with Crippen molar-refractivity contribution in [3.05, 3.63) is 0 Å². The molecule has 9 heteroatoms. The Morgan fingerprint density at radius 2 is 1.74 bits per heavy atom. The molecule has 0 aliphatic heterocycles. The largest absolute Gasteiger partial charge is 0.478 e. The molecule has 0 aliphatic rings. The molecule has 0 heterocycles. The van der Waals surface area contributed by atoms with Crippen LogP contribution in [-0.2, 0) is 9.59 Å². The molecule has 1 unspecified atom stereocenters. The second-order valence-electron chi connectivity index (χ2n) is 6.59. The predicted molar refractivity (Wildman–Crippen MR) is 77.4 cm³/mol. The number of alkyl halides is 3. The lowest BCUT2D eigenvalue weighted by molar-refractivity contribution is -0.274. The number of carbonyl (C=O) groups excluding carboxylic acids is 2. The molecule has 132 valence electrons. The van der Waals surface area contributed by atoms with Gasteiger partial charge in [-0.2, -0.15) is 18.4 Å². The van der Waals surface area contributed by atoms with E-state index in [1.54, 1.807) is 40.0 Å². The maximum absolute atomic E-state index is 13.3. The molecule has 0 aromatic heterocycles. The molecular formula is C14H23F3N4O2. The van der Waals surface area contributed by atoms with Crippen LogP contribution >= 0.6 is 0 Å². The first-order chi connectivity index (χ1) is 10.3. The standard InChI is InChI=1S/C14H23F3N4O2/c1-9(2)8-10(12(23)19-13(3,4)5)21(14(15,16)17)20-11(22)6-7-18/h9-10H,6,8H2,1-5H3,(H,19,23)(H,20,22). The van der Waals surface area contributed by atoms with Gasteiger partial charge >= 0.3 is 6.30 Å².